The third-order valence-electron chi connectivity index (χ3n) is 5.68. The first-order chi connectivity index (χ1) is 15.2. The Hall–Kier alpha value is -3.81. The molecule has 0 unspecified atom stereocenters. The molecule has 2 aromatic carbocycles. The maximum absolute atomic E-state index is 4.87. The summed E-state index contributed by atoms with van der Waals surface area (Å²) in [5, 5.41) is 14.3. The number of H-pyrrole nitrogens is 1. The van der Waals surface area contributed by atoms with Crippen molar-refractivity contribution >= 4 is 11.3 Å². The number of fused-ring (bicyclic) bond motifs is 1. The molecule has 1 N–H and O–H groups in total. The second kappa shape index (κ2) is 7.79. The molecule has 8 nitrogen and oxygen atoms in total. The van der Waals surface area contributed by atoms with Gasteiger partial charge in [-0.1, -0.05) is 55.5 Å². The van der Waals surface area contributed by atoms with Crippen molar-refractivity contribution < 1.29 is 0 Å². The smallest absolute Gasteiger partial charge is 0.180 e. The highest BCUT2D eigenvalue weighted by Crippen LogP contribution is 2.30. The van der Waals surface area contributed by atoms with Crippen molar-refractivity contribution in [3.63, 3.8) is 0 Å². The Kier molecular flexibility index (Phi) is 4.82. The van der Waals surface area contributed by atoms with Gasteiger partial charge in [-0.05, 0) is 40.5 Å². The molecule has 8 heteroatoms. The predicted octanol–water partition coefficient (Wildman–Crippen LogP) is 3.93. The van der Waals surface area contributed by atoms with Crippen LogP contribution in [0.15, 0.2) is 48.5 Å². The Morgan fingerprint density at radius 1 is 0.935 bits per heavy atom. The molecule has 0 aliphatic heterocycles. The third-order valence-corrected chi connectivity index (χ3v) is 5.68. The molecule has 5 rings (SSSR count). The van der Waals surface area contributed by atoms with Crippen LogP contribution in [0.25, 0.3) is 33.8 Å². The molecule has 0 saturated carbocycles. The Morgan fingerprint density at radius 2 is 1.71 bits per heavy atom. The summed E-state index contributed by atoms with van der Waals surface area (Å²) < 4.78 is 4.30. The van der Waals surface area contributed by atoms with E-state index in [2.05, 4.69) is 67.0 Å². The summed E-state index contributed by atoms with van der Waals surface area (Å²) in [6.45, 7) is 4.94. The lowest BCUT2D eigenvalue weighted by Crippen LogP contribution is -2.06. The zero-order valence-electron chi connectivity index (χ0n) is 17.9. The van der Waals surface area contributed by atoms with Crippen molar-refractivity contribution in [2.45, 2.75) is 33.2 Å². The average molecular weight is 413 g/mol. The van der Waals surface area contributed by atoms with Gasteiger partial charge in [0.25, 0.3) is 0 Å². The summed E-state index contributed by atoms with van der Waals surface area (Å²) in [6.07, 6.45) is 1.99. The Labute approximate surface area is 180 Å². The van der Waals surface area contributed by atoms with Gasteiger partial charge in [0.15, 0.2) is 17.1 Å². The van der Waals surface area contributed by atoms with Gasteiger partial charge in [-0.25, -0.2) is 15.1 Å². The van der Waals surface area contributed by atoms with Crippen molar-refractivity contribution in [2.75, 3.05) is 0 Å². The lowest BCUT2D eigenvalue weighted by Gasteiger charge is -2.10. The molecule has 0 spiro atoms. The second-order valence-electron chi connectivity index (χ2n) is 7.72. The molecule has 0 fully saturated rings. The monoisotopic (exact) mass is 412 g/mol. The number of benzene rings is 2. The number of hydrogen-bond acceptors (Lipinski definition) is 5. The van der Waals surface area contributed by atoms with Crippen LogP contribution in [-0.4, -0.2) is 39.7 Å². The second-order valence-corrected chi connectivity index (χ2v) is 7.72. The van der Waals surface area contributed by atoms with Gasteiger partial charge in [0.1, 0.15) is 11.6 Å². The van der Waals surface area contributed by atoms with E-state index < -0.39 is 0 Å². The fraction of sp³-hybridized carbons (Fsp3) is 0.261. The predicted molar refractivity (Wildman–Crippen MR) is 119 cm³/mol. The number of rotatable bonds is 6. The molecular weight excluding hydrogens is 388 g/mol. The van der Waals surface area contributed by atoms with Crippen molar-refractivity contribution in [3.05, 3.63) is 65.7 Å². The molecule has 0 amide bonds. The van der Waals surface area contributed by atoms with Crippen LogP contribution in [0.4, 0.5) is 0 Å². The van der Waals surface area contributed by atoms with E-state index in [-0.39, 0.29) is 0 Å². The summed E-state index contributed by atoms with van der Waals surface area (Å²) in [7, 11) is 2.02. The third kappa shape index (κ3) is 3.39. The molecule has 3 heterocycles. The highest BCUT2D eigenvalue weighted by Gasteiger charge is 2.17. The summed E-state index contributed by atoms with van der Waals surface area (Å²) in [6, 6.07) is 16.8. The van der Waals surface area contributed by atoms with Crippen LogP contribution < -0.4 is 0 Å². The molecular formula is C23H24N8. The first kappa shape index (κ1) is 19.2. The lowest BCUT2D eigenvalue weighted by molar-refractivity contribution is 0.711. The molecule has 0 bridgehead atoms. The Bertz CT molecular complexity index is 1330. The van der Waals surface area contributed by atoms with E-state index in [9.17, 15) is 0 Å². The van der Waals surface area contributed by atoms with Crippen molar-refractivity contribution in [3.8, 4) is 22.5 Å². The molecule has 31 heavy (non-hydrogen) atoms. The molecule has 0 aliphatic rings. The molecule has 0 radical (unpaired) electrons. The van der Waals surface area contributed by atoms with Crippen LogP contribution in [0.3, 0.4) is 0 Å². The SMILES string of the molecule is CCCc1nc2c(nc(C)n2C)n1Cc1ccc(-c2ccccc2-c2nnn[nH]2)cc1. The normalized spacial score (nSPS) is 11.5. The van der Waals surface area contributed by atoms with Gasteiger partial charge in [0, 0.05) is 19.0 Å². The fourth-order valence-corrected chi connectivity index (χ4v) is 3.96. The topological polar surface area (TPSA) is 90.1 Å². The van der Waals surface area contributed by atoms with E-state index in [0.717, 1.165) is 59.0 Å². The van der Waals surface area contributed by atoms with E-state index in [4.69, 9.17) is 9.97 Å². The molecule has 0 saturated heterocycles. The quantitative estimate of drug-likeness (QED) is 0.456. The summed E-state index contributed by atoms with van der Waals surface area (Å²) in [5.41, 5.74) is 6.30. The average Bonchev–Trinajstić information content (AvgIpc) is 3.50. The van der Waals surface area contributed by atoms with E-state index in [1.807, 2.05) is 32.2 Å². The largest absolute Gasteiger partial charge is 0.315 e. The van der Waals surface area contributed by atoms with Crippen LogP contribution in [-0.2, 0) is 20.0 Å². The van der Waals surface area contributed by atoms with Crippen LogP contribution in [0.1, 0.15) is 30.6 Å². The fourth-order valence-electron chi connectivity index (χ4n) is 3.96. The molecule has 5 aromatic rings. The maximum Gasteiger partial charge on any atom is 0.180 e. The molecule has 0 aliphatic carbocycles. The van der Waals surface area contributed by atoms with Gasteiger partial charge in [0.2, 0.25) is 0 Å². The highest BCUT2D eigenvalue weighted by molar-refractivity contribution is 5.80. The van der Waals surface area contributed by atoms with Gasteiger partial charge in [0.05, 0.1) is 6.54 Å². The molecule has 0 atom stereocenters. The lowest BCUT2D eigenvalue weighted by atomic mass is 9.98. The van der Waals surface area contributed by atoms with Gasteiger partial charge in [-0.3, -0.25) is 0 Å². The Morgan fingerprint density at radius 3 is 2.42 bits per heavy atom. The number of aromatic amines is 1. The van der Waals surface area contributed by atoms with E-state index in [0.29, 0.717) is 5.82 Å². The van der Waals surface area contributed by atoms with Crippen molar-refractivity contribution in [1.29, 1.82) is 0 Å². The van der Waals surface area contributed by atoms with E-state index >= 15 is 0 Å². The summed E-state index contributed by atoms with van der Waals surface area (Å²) in [5.74, 6) is 2.72. The van der Waals surface area contributed by atoms with Gasteiger partial charge < -0.3 is 9.13 Å². The zero-order valence-corrected chi connectivity index (χ0v) is 17.9. The number of imidazole rings is 2. The van der Waals surface area contributed by atoms with E-state index in [1.54, 1.807) is 0 Å². The van der Waals surface area contributed by atoms with Crippen LogP contribution >= 0.6 is 0 Å². The number of tetrazole rings is 1. The number of nitrogens with zero attached hydrogens (tertiary/aromatic N) is 7. The zero-order chi connectivity index (χ0) is 21.4. The minimum absolute atomic E-state index is 0.662. The van der Waals surface area contributed by atoms with Crippen LogP contribution in [0, 0.1) is 6.92 Å². The van der Waals surface area contributed by atoms with Crippen molar-refractivity contribution in [1.82, 2.24) is 39.7 Å². The van der Waals surface area contributed by atoms with Crippen LogP contribution in [0.2, 0.25) is 0 Å². The molecule has 3 aromatic heterocycles. The number of aromatic nitrogens is 8. The Balaban J connectivity index is 1.49. The maximum atomic E-state index is 4.87. The number of aryl methyl sites for hydroxylation is 3. The minimum atomic E-state index is 0.662. The first-order valence-corrected chi connectivity index (χ1v) is 10.5. The highest BCUT2D eigenvalue weighted by atomic mass is 15.5. The molecule has 156 valence electrons. The van der Waals surface area contributed by atoms with Gasteiger partial charge in [-0.2, -0.15) is 0 Å². The van der Waals surface area contributed by atoms with Gasteiger partial charge in [-0.15, -0.1) is 5.10 Å². The van der Waals surface area contributed by atoms with Crippen LogP contribution in [0.5, 0.6) is 0 Å². The van der Waals surface area contributed by atoms with E-state index in [1.165, 1.54) is 5.56 Å². The minimum Gasteiger partial charge on any atom is -0.315 e. The summed E-state index contributed by atoms with van der Waals surface area (Å²) in [4.78, 5) is 9.62. The first-order valence-electron chi connectivity index (χ1n) is 10.5. The standard InChI is InChI=1S/C23H24N8/c1-4-7-20-25-22-23(24-15(2)30(22)3)31(20)14-16-10-12-17(13-11-16)18-8-5-6-9-19(18)21-26-28-29-27-21/h5-6,8-13H,4,7,14H2,1-3H3,(H,26,27,28,29). The number of nitrogens with one attached hydrogen (secondary N) is 1. The van der Waals surface area contributed by atoms with Crippen molar-refractivity contribution in [2.24, 2.45) is 7.05 Å². The summed E-state index contributed by atoms with van der Waals surface area (Å²) >= 11 is 0. The number of hydrogen-bond donors (Lipinski definition) is 1. The van der Waals surface area contributed by atoms with Gasteiger partial charge >= 0.3 is 0 Å².